The first-order valence-corrected chi connectivity index (χ1v) is 11.3. The molecule has 0 saturated carbocycles. The summed E-state index contributed by atoms with van der Waals surface area (Å²) in [6, 6.07) is 12.0. The number of likely N-dealkylation sites (N-methyl/N-ethyl adjacent to an activating group) is 1. The summed E-state index contributed by atoms with van der Waals surface area (Å²) in [5.74, 6) is 0.671. The fourth-order valence-corrected chi connectivity index (χ4v) is 4.70. The monoisotopic (exact) mass is 461 g/mol. The van der Waals surface area contributed by atoms with Crippen LogP contribution in [0, 0.1) is 20.8 Å². The van der Waals surface area contributed by atoms with Gasteiger partial charge >= 0.3 is 0 Å². The first kappa shape index (κ1) is 25.1. The molecule has 0 bridgehead atoms. The van der Waals surface area contributed by atoms with E-state index in [9.17, 15) is 4.79 Å². The van der Waals surface area contributed by atoms with Crippen LogP contribution >= 0.6 is 23.7 Å². The molecule has 7 heteroatoms. The van der Waals surface area contributed by atoms with Gasteiger partial charge in [-0.1, -0.05) is 49.4 Å². The number of hydrogen-bond acceptors (Lipinski definition) is 5. The maximum atomic E-state index is 13.2. The predicted molar refractivity (Wildman–Crippen MR) is 133 cm³/mol. The molecular weight excluding hydrogens is 430 g/mol. The highest BCUT2D eigenvalue weighted by molar-refractivity contribution is 7.22. The minimum atomic E-state index is -0.0705. The summed E-state index contributed by atoms with van der Waals surface area (Å²) in [5.41, 5.74) is 4.34. The quantitative estimate of drug-likeness (QED) is 0.428. The SMILES string of the molecule is CCN(CC)CCN(C(=O)COc1ccccc1C)c1nc2c(C)cc(C)cc2s1.Cl. The molecule has 0 aliphatic heterocycles. The van der Waals surface area contributed by atoms with E-state index in [4.69, 9.17) is 9.72 Å². The van der Waals surface area contributed by atoms with Gasteiger partial charge in [0.25, 0.3) is 5.91 Å². The topological polar surface area (TPSA) is 45.7 Å². The van der Waals surface area contributed by atoms with E-state index in [0.717, 1.165) is 51.9 Å². The lowest BCUT2D eigenvalue weighted by Crippen LogP contribution is -2.41. The molecule has 0 unspecified atom stereocenters. The molecule has 0 saturated heterocycles. The standard InChI is InChI=1S/C24H31N3O2S.ClH/c1-6-26(7-2)12-13-27(22(28)16-29-20-11-9-8-10-18(20)4)24-25-23-19(5)14-17(3)15-21(23)30-24;/h8-11,14-15H,6-7,12-13,16H2,1-5H3;1H. The number of benzene rings is 2. The van der Waals surface area contributed by atoms with Gasteiger partial charge in [-0.25, -0.2) is 4.98 Å². The second-order valence-electron chi connectivity index (χ2n) is 7.55. The van der Waals surface area contributed by atoms with Gasteiger partial charge < -0.3 is 9.64 Å². The number of aryl methyl sites for hydroxylation is 3. The molecule has 3 aromatic rings. The fraction of sp³-hybridized carbons (Fsp3) is 0.417. The zero-order valence-corrected chi connectivity index (χ0v) is 20.6. The predicted octanol–water partition coefficient (Wildman–Crippen LogP) is 5.40. The van der Waals surface area contributed by atoms with E-state index in [0.29, 0.717) is 6.54 Å². The van der Waals surface area contributed by atoms with Gasteiger partial charge in [-0.05, 0) is 62.7 Å². The van der Waals surface area contributed by atoms with Gasteiger partial charge in [0.1, 0.15) is 5.75 Å². The Balaban J connectivity index is 0.00000341. The number of thiazole rings is 1. The number of amides is 1. The summed E-state index contributed by atoms with van der Waals surface area (Å²) in [5, 5.41) is 0.740. The molecule has 1 heterocycles. The zero-order valence-electron chi connectivity index (χ0n) is 19.0. The highest BCUT2D eigenvalue weighted by Gasteiger charge is 2.22. The van der Waals surface area contributed by atoms with E-state index in [2.05, 4.69) is 44.7 Å². The van der Waals surface area contributed by atoms with Gasteiger partial charge in [0.2, 0.25) is 0 Å². The largest absolute Gasteiger partial charge is 0.483 e. The minimum absolute atomic E-state index is 0. The second-order valence-corrected chi connectivity index (χ2v) is 8.56. The van der Waals surface area contributed by atoms with Crippen LogP contribution < -0.4 is 9.64 Å². The van der Waals surface area contributed by atoms with Crippen molar-refractivity contribution in [2.45, 2.75) is 34.6 Å². The molecule has 0 aliphatic rings. The molecule has 1 amide bonds. The van der Waals surface area contributed by atoms with Crippen molar-refractivity contribution in [3.8, 4) is 5.75 Å². The normalized spacial score (nSPS) is 10.9. The Morgan fingerprint density at radius 1 is 1.03 bits per heavy atom. The Kier molecular flexibility index (Phi) is 9.29. The van der Waals surface area contributed by atoms with Crippen molar-refractivity contribution in [3.05, 3.63) is 53.1 Å². The van der Waals surface area contributed by atoms with Gasteiger partial charge in [-0.3, -0.25) is 9.69 Å². The molecule has 3 rings (SSSR count). The molecule has 5 nitrogen and oxygen atoms in total. The van der Waals surface area contributed by atoms with E-state index in [1.807, 2.05) is 31.2 Å². The first-order chi connectivity index (χ1) is 14.4. The third kappa shape index (κ3) is 6.19. The molecular formula is C24H32ClN3O2S. The summed E-state index contributed by atoms with van der Waals surface area (Å²) in [4.78, 5) is 22.1. The highest BCUT2D eigenvalue weighted by atomic mass is 35.5. The van der Waals surface area contributed by atoms with E-state index in [1.54, 1.807) is 16.2 Å². The van der Waals surface area contributed by atoms with Crippen molar-refractivity contribution in [1.29, 1.82) is 0 Å². The zero-order chi connectivity index (χ0) is 21.7. The molecule has 2 aromatic carbocycles. The van der Waals surface area contributed by atoms with Crippen LogP contribution in [0.4, 0.5) is 5.13 Å². The number of ether oxygens (including phenoxy) is 1. The molecule has 0 atom stereocenters. The molecule has 0 fully saturated rings. The summed E-state index contributed by atoms with van der Waals surface area (Å²) in [7, 11) is 0. The van der Waals surface area contributed by atoms with E-state index >= 15 is 0 Å². The van der Waals surface area contributed by atoms with Crippen LogP contribution in [-0.2, 0) is 4.79 Å². The maximum Gasteiger partial charge on any atom is 0.266 e. The van der Waals surface area contributed by atoms with Crippen LogP contribution in [0.1, 0.15) is 30.5 Å². The summed E-state index contributed by atoms with van der Waals surface area (Å²) >= 11 is 1.57. The summed E-state index contributed by atoms with van der Waals surface area (Å²) in [6.07, 6.45) is 0. The van der Waals surface area contributed by atoms with E-state index in [-0.39, 0.29) is 24.9 Å². The lowest BCUT2D eigenvalue weighted by Gasteiger charge is -2.24. The van der Waals surface area contributed by atoms with Crippen LogP contribution in [-0.4, -0.2) is 48.6 Å². The van der Waals surface area contributed by atoms with Gasteiger partial charge in [0.05, 0.1) is 10.2 Å². The minimum Gasteiger partial charge on any atom is -0.483 e. The van der Waals surface area contributed by atoms with Crippen LogP contribution in [0.15, 0.2) is 36.4 Å². The van der Waals surface area contributed by atoms with Crippen LogP contribution in [0.5, 0.6) is 5.75 Å². The van der Waals surface area contributed by atoms with Crippen molar-refractivity contribution >= 4 is 45.0 Å². The number of anilines is 1. The van der Waals surface area contributed by atoms with Gasteiger partial charge in [0.15, 0.2) is 11.7 Å². The molecule has 0 aliphatic carbocycles. The number of aromatic nitrogens is 1. The number of nitrogens with zero attached hydrogens (tertiary/aromatic N) is 3. The van der Waals surface area contributed by atoms with Crippen LogP contribution in [0.2, 0.25) is 0 Å². The Morgan fingerprint density at radius 3 is 2.42 bits per heavy atom. The number of rotatable bonds is 9. The lowest BCUT2D eigenvalue weighted by atomic mass is 10.1. The third-order valence-electron chi connectivity index (χ3n) is 5.33. The first-order valence-electron chi connectivity index (χ1n) is 10.5. The average molecular weight is 462 g/mol. The number of carbonyl (C=O) groups excluding carboxylic acids is 1. The molecule has 1 aromatic heterocycles. The Hall–Kier alpha value is -2.15. The van der Waals surface area contributed by atoms with Gasteiger partial charge in [-0.2, -0.15) is 0 Å². The van der Waals surface area contributed by atoms with Crippen molar-refractivity contribution in [2.75, 3.05) is 37.7 Å². The maximum absolute atomic E-state index is 13.2. The Bertz CT molecular complexity index is 1020. The molecule has 31 heavy (non-hydrogen) atoms. The van der Waals surface area contributed by atoms with Crippen LogP contribution in [0.25, 0.3) is 10.2 Å². The van der Waals surface area contributed by atoms with Crippen molar-refractivity contribution < 1.29 is 9.53 Å². The average Bonchev–Trinajstić information content (AvgIpc) is 3.14. The van der Waals surface area contributed by atoms with Crippen molar-refractivity contribution in [3.63, 3.8) is 0 Å². The summed E-state index contributed by atoms with van der Waals surface area (Å²) in [6.45, 7) is 13.7. The molecule has 0 N–H and O–H groups in total. The number of fused-ring (bicyclic) bond motifs is 1. The molecule has 0 spiro atoms. The Morgan fingerprint density at radius 2 is 1.74 bits per heavy atom. The fourth-order valence-electron chi connectivity index (χ4n) is 3.52. The third-order valence-corrected chi connectivity index (χ3v) is 6.35. The molecule has 0 radical (unpaired) electrons. The van der Waals surface area contributed by atoms with E-state index in [1.165, 1.54) is 5.56 Å². The number of para-hydroxylation sites is 1. The number of halogens is 1. The number of hydrogen-bond donors (Lipinski definition) is 0. The number of carbonyl (C=O) groups is 1. The molecule has 168 valence electrons. The highest BCUT2D eigenvalue weighted by Crippen LogP contribution is 2.32. The second kappa shape index (κ2) is 11.5. The lowest BCUT2D eigenvalue weighted by molar-refractivity contribution is -0.120. The van der Waals surface area contributed by atoms with Crippen molar-refractivity contribution in [1.82, 2.24) is 9.88 Å². The Labute approximate surface area is 195 Å². The van der Waals surface area contributed by atoms with E-state index < -0.39 is 0 Å². The smallest absolute Gasteiger partial charge is 0.266 e. The van der Waals surface area contributed by atoms with Crippen molar-refractivity contribution in [2.24, 2.45) is 0 Å². The van der Waals surface area contributed by atoms with Gasteiger partial charge in [-0.15, -0.1) is 12.4 Å². The summed E-state index contributed by atoms with van der Waals surface area (Å²) < 4.78 is 6.96. The van der Waals surface area contributed by atoms with Gasteiger partial charge in [0, 0.05) is 13.1 Å². The van der Waals surface area contributed by atoms with Crippen LogP contribution in [0.3, 0.4) is 0 Å².